The van der Waals surface area contributed by atoms with E-state index in [1.807, 2.05) is 26.1 Å². The van der Waals surface area contributed by atoms with E-state index in [2.05, 4.69) is 21.4 Å². The van der Waals surface area contributed by atoms with Crippen LogP contribution in [0.25, 0.3) is 11.3 Å². The van der Waals surface area contributed by atoms with E-state index in [1.165, 1.54) is 24.8 Å². The largest absolute Gasteiger partial charge is 0.352 e. The van der Waals surface area contributed by atoms with Gasteiger partial charge in [0.05, 0.1) is 18.6 Å². The van der Waals surface area contributed by atoms with Gasteiger partial charge < -0.3 is 10.3 Å². The van der Waals surface area contributed by atoms with Gasteiger partial charge in [-0.3, -0.25) is 9.18 Å². The molecule has 0 saturated heterocycles. The molecule has 0 aliphatic heterocycles. The summed E-state index contributed by atoms with van der Waals surface area (Å²) in [7, 11) is 0. The van der Waals surface area contributed by atoms with Gasteiger partial charge in [-0.25, -0.2) is 4.98 Å². The Hall–Kier alpha value is -2.17. The molecule has 1 saturated carbocycles. The van der Waals surface area contributed by atoms with E-state index in [1.54, 1.807) is 0 Å². The third kappa shape index (κ3) is 3.35. The molecular formula is C19H24FN3O. The van der Waals surface area contributed by atoms with E-state index < -0.39 is 6.67 Å². The maximum absolute atomic E-state index is 12.4. The number of hydrogen-bond donors (Lipinski definition) is 2. The third-order valence-corrected chi connectivity index (χ3v) is 4.78. The van der Waals surface area contributed by atoms with Crippen LogP contribution in [0.3, 0.4) is 0 Å². The second-order valence-corrected chi connectivity index (χ2v) is 6.56. The molecule has 3 rings (SSSR count). The summed E-state index contributed by atoms with van der Waals surface area (Å²) in [5, 5.41) is 2.80. The molecule has 0 unspecified atom stereocenters. The zero-order chi connectivity index (χ0) is 17.1. The number of nitrogens with one attached hydrogen (secondary N) is 2. The Morgan fingerprint density at radius 3 is 2.75 bits per heavy atom. The molecule has 128 valence electrons. The summed E-state index contributed by atoms with van der Waals surface area (Å²) in [5.74, 6) is 1.28. The average molecular weight is 329 g/mol. The van der Waals surface area contributed by atoms with Crippen LogP contribution in [0.15, 0.2) is 18.3 Å². The normalized spacial score (nSPS) is 14.5. The number of halogens is 1. The summed E-state index contributed by atoms with van der Waals surface area (Å²) >= 11 is 0. The van der Waals surface area contributed by atoms with Crippen LogP contribution in [0.1, 0.15) is 58.9 Å². The van der Waals surface area contributed by atoms with Gasteiger partial charge >= 0.3 is 0 Å². The van der Waals surface area contributed by atoms with Crippen LogP contribution in [0.4, 0.5) is 4.39 Å². The number of rotatable bonds is 6. The number of imidazole rings is 1. The first-order valence-electron chi connectivity index (χ1n) is 8.61. The predicted octanol–water partition coefficient (Wildman–Crippen LogP) is 4.05. The SMILES string of the molecule is Cc1ncc(-c2cc(C(=O)NCCCF)c(C)cc2C2CCC2)[nH]1. The van der Waals surface area contributed by atoms with Crippen molar-refractivity contribution < 1.29 is 9.18 Å². The minimum Gasteiger partial charge on any atom is -0.352 e. The standard InChI is InChI=1S/C19H24FN3O/c1-12-9-16(14-5-3-6-14)17(18-11-22-13(2)23-18)10-15(12)19(24)21-8-4-7-20/h9-11,14H,3-8H2,1-2H3,(H,21,24)(H,22,23). The first-order valence-corrected chi connectivity index (χ1v) is 8.61. The number of aromatic nitrogens is 2. The molecule has 5 heteroatoms. The lowest BCUT2D eigenvalue weighted by Gasteiger charge is -2.28. The first kappa shape index (κ1) is 16.7. The highest BCUT2D eigenvalue weighted by Crippen LogP contribution is 2.41. The molecule has 1 heterocycles. The molecule has 1 aromatic carbocycles. The molecule has 0 spiro atoms. The molecule has 0 bridgehead atoms. The number of nitrogens with zero attached hydrogens (tertiary/aromatic N) is 1. The molecule has 1 amide bonds. The quantitative estimate of drug-likeness (QED) is 0.786. The van der Waals surface area contributed by atoms with Crippen LogP contribution < -0.4 is 5.32 Å². The number of aryl methyl sites for hydroxylation is 2. The van der Waals surface area contributed by atoms with E-state index in [-0.39, 0.29) is 5.91 Å². The van der Waals surface area contributed by atoms with Crippen LogP contribution >= 0.6 is 0 Å². The Morgan fingerprint density at radius 1 is 1.38 bits per heavy atom. The molecule has 0 radical (unpaired) electrons. The Kier molecular flexibility index (Phi) is 4.97. The van der Waals surface area contributed by atoms with Crippen LogP contribution in [-0.2, 0) is 0 Å². The van der Waals surface area contributed by atoms with Gasteiger partial charge in [0.1, 0.15) is 5.82 Å². The number of carbonyl (C=O) groups is 1. The molecule has 2 N–H and O–H groups in total. The monoisotopic (exact) mass is 329 g/mol. The molecular weight excluding hydrogens is 305 g/mol. The Bertz CT molecular complexity index is 734. The molecule has 1 fully saturated rings. The van der Waals surface area contributed by atoms with E-state index in [4.69, 9.17) is 0 Å². The molecule has 4 nitrogen and oxygen atoms in total. The van der Waals surface area contributed by atoms with E-state index >= 15 is 0 Å². The Morgan fingerprint density at radius 2 is 2.17 bits per heavy atom. The average Bonchev–Trinajstić information content (AvgIpc) is 2.92. The molecule has 1 aromatic heterocycles. The van der Waals surface area contributed by atoms with Crippen molar-refractivity contribution in [3.63, 3.8) is 0 Å². The summed E-state index contributed by atoms with van der Waals surface area (Å²) in [6.45, 7) is 3.83. The van der Waals surface area contributed by atoms with E-state index in [0.29, 0.717) is 24.4 Å². The second-order valence-electron chi connectivity index (χ2n) is 6.56. The highest BCUT2D eigenvalue weighted by atomic mass is 19.1. The van der Waals surface area contributed by atoms with Crippen molar-refractivity contribution in [2.24, 2.45) is 0 Å². The minimum atomic E-state index is -0.418. The van der Waals surface area contributed by atoms with Crippen molar-refractivity contribution in [2.45, 2.75) is 45.4 Å². The molecule has 1 aliphatic carbocycles. The first-order chi connectivity index (χ1) is 11.6. The summed E-state index contributed by atoms with van der Waals surface area (Å²) in [6.07, 6.45) is 5.82. The molecule has 2 aromatic rings. The van der Waals surface area contributed by atoms with Crippen LogP contribution in [0.5, 0.6) is 0 Å². The Labute approximate surface area is 141 Å². The van der Waals surface area contributed by atoms with Crippen LogP contribution in [0, 0.1) is 13.8 Å². The molecule has 1 aliphatic rings. The summed E-state index contributed by atoms with van der Waals surface area (Å²) in [4.78, 5) is 20.0. The van der Waals surface area contributed by atoms with Gasteiger partial charge in [0.2, 0.25) is 0 Å². The van der Waals surface area contributed by atoms with Crippen molar-refractivity contribution in [1.82, 2.24) is 15.3 Å². The van der Waals surface area contributed by atoms with Crippen molar-refractivity contribution >= 4 is 5.91 Å². The molecule has 24 heavy (non-hydrogen) atoms. The van der Waals surface area contributed by atoms with Crippen molar-refractivity contribution in [1.29, 1.82) is 0 Å². The maximum Gasteiger partial charge on any atom is 0.251 e. The van der Waals surface area contributed by atoms with Crippen LogP contribution in [0.2, 0.25) is 0 Å². The number of H-pyrrole nitrogens is 1. The van der Waals surface area contributed by atoms with Gasteiger partial charge in [-0.2, -0.15) is 0 Å². The smallest absolute Gasteiger partial charge is 0.251 e. The number of carbonyl (C=O) groups excluding carboxylic acids is 1. The summed E-state index contributed by atoms with van der Waals surface area (Å²) < 4.78 is 12.2. The number of aromatic amines is 1. The summed E-state index contributed by atoms with van der Waals surface area (Å²) in [6, 6.07) is 4.10. The number of benzene rings is 1. The highest BCUT2D eigenvalue weighted by Gasteiger charge is 2.25. The van der Waals surface area contributed by atoms with E-state index in [9.17, 15) is 9.18 Å². The lowest BCUT2D eigenvalue weighted by atomic mass is 9.76. The van der Waals surface area contributed by atoms with E-state index in [0.717, 1.165) is 22.6 Å². The topological polar surface area (TPSA) is 57.8 Å². The van der Waals surface area contributed by atoms with Crippen molar-refractivity contribution in [3.8, 4) is 11.3 Å². The predicted molar refractivity (Wildman–Crippen MR) is 93.0 cm³/mol. The van der Waals surface area contributed by atoms with Crippen molar-refractivity contribution in [2.75, 3.05) is 13.2 Å². The third-order valence-electron chi connectivity index (χ3n) is 4.78. The minimum absolute atomic E-state index is 0.140. The van der Waals surface area contributed by atoms with Gasteiger partial charge in [0.25, 0.3) is 5.91 Å². The second kappa shape index (κ2) is 7.16. The van der Waals surface area contributed by atoms with Gasteiger partial charge in [-0.15, -0.1) is 0 Å². The number of amides is 1. The fourth-order valence-electron chi connectivity index (χ4n) is 3.19. The van der Waals surface area contributed by atoms with Gasteiger partial charge in [0.15, 0.2) is 0 Å². The lowest BCUT2D eigenvalue weighted by Crippen LogP contribution is -2.26. The number of hydrogen-bond acceptors (Lipinski definition) is 2. The zero-order valence-electron chi connectivity index (χ0n) is 14.3. The zero-order valence-corrected chi connectivity index (χ0v) is 14.3. The fourth-order valence-corrected chi connectivity index (χ4v) is 3.19. The van der Waals surface area contributed by atoms with Gasteiger partial charge in [-0.05, 0) is 56.2 Å². The maximum atomic E-state index is 12.4. The fraction of sp³-hybridized carbons (Fsp3) is 0.474. The number of alkyl halides is 1. The Balaban J connectivity index is 1.97. The molecule has 0 atom stereocenters. The van der Waals surface area contributed by atoms with Gasteiger partial charge in [0, 0.05) is 17.7 Å². The van der Waals surface area contributed by atoms with Gasteiger partial charge in [-0.1, -0.05) is 12.5 Å². The summed E-state index contributed by atoms with van der Waals surface area (Å²) in [5.41, 5.74) is 4.92. The lowest BCUT2D eigenvalue weighted by molar-refractivity contribution is 0.0952. The van der Waals surface area contributed by atoms with Crippen molar-refractivity contribution in [3.05, 3.63) is 40.8 Å². The van der Waals surface area contributed by atoms with Crippen LogP contribution in [-0.4, -0.2) is 29.1 Å². The highest BCUT2D eigenvalue weighted by molar-refractivity contribution is 5.97.